The molecule has 0 bridgehead atoms. The Morgan fingerprint density at radius 1 is 0.880 bits per heavy atom. The molecule has 2 aliphatic carbocycles. The third-order valence-corrected chi connectivity index (χ3v) is 6.77. The molecule has 2 aliphatic rings. The highest BCUT2D eigenvalue weighted by atomic mass is 19.2. The maximum atomic E-state index is 13.5. The standard InChI is InChI=1S/C23H32F2/c1-2-3-4-5-17-6-8-18(9-7-17)19-10-12-20(13-11-19)21-14-15-22(24)23(25)16-21/h2,14-20H,1,3-13H2. The summed E-state index contributed by atoms with van der Waals surface area (Å²) in [6.45, 7) is 3.81. The quantitative estimate of drug-likeness (QED) is 0.372. The van der Waals surface area contributed by atoms with Crippen molar-refractivity contribution in [3.8, 4) is 0 Å². The van der Waals surface area contributed by atoms with Crippen molar-refractivity contribution in [1.29, 1.82) is 0 Å². The van der Waals surface area contributed by atoms with Gasteiger partial charge in [0.1, 0.15) is 0 Å². The van der Waals surface area contributed by atoms with E-state index in [4.69, 9.17) is 0 Å². The fourth-order valence-corrected chi connectivity index (χ4v) is 5.19. The van der Waals surface area contributed by atoms with E-state index in [9.17, 15) is 8.78 Å². The largest absolute Gasteiger partial charge is 0.204 e. The predicted octanol–water partition coefficient (Wildman–Crippen LogP) is 7.40. The van der Waals surface area contributed by atoms with Crippen LogP contribution in [0.3, 0.4) is 0 Å². The minimum absolute atomic E-state index is 0.418. The highest BCUT2D eigenvalue weighted by Gasteiger charge is 2.31. The Bertz CT molecular complexity index is 549. The van der Waals surface area contributed by atoms with Crippen LogP contribution in [0.1, 0.15) is 82.1 Å². The van der Waals surface area contributed by atoms with Crippen LogP contribution in [0, 0.1) is 29.4 Å². The Hall–Kier alpha value is -1.18. The molecule has 138 valence electrons. The zero-order chi connectivity index (χ0) is 17.6. The molecule has 0 saturated heterocycles. The highest BCUT2D eigenvalue weighted by molar-refractivity contribution is 5.22. The normalized spacial score (nSPS) is 30.2. The van der Waals surface area contributed by atoms with E-state index in [2.05, 4.69) is 6.58 Å². The average Bonchev–Trinajstić information content (AvgIpc) is 2.65. The first-order valence-electron chi connectivity index (χ1n) is 10.2. The summed E-state index contributed by atoms with van der Waals surface area (Å²) in [4.78, 5) is 0. The van der Waals surface area contributed by atoms with Crippen LogP contribution in [0.4, 0.5) is 8.78 Å². The van der Waals surface area contributed by atoms with Crippen molar-refractivity contribution >= 4 is 0 Å². The maximum Gasteiger partial charge on any atom is 0.159 e. The van der Waals surface area contributed by atoms with E-state index in [1.807, 2.05) is 6.08 Å². The first kappa shape index (κ1) is 18.6. The minimum Gasteiger partial charge on any atom is -0.204 e. The van der Waals surface area contributed by atoms with Crippen molar-refractivity contribution in [3.63, 3.8) is 0 Å². The molecule has 0 aromatic heterocycles. The van der Waals surface area contributed by atoms with Crippen molar-refractivity contribution < 1.29 is 8.78 Å². The molecule has 0 radical (unpaired) electrons. The molecule has 1 aromatic carbocycles. The van der Waals surface area contributed by atoms with Crippen LogP contribution in [0.5, 0.6) is 0 Å². The number of rotatable bonds is 6. The summed E-state index contributed by atoms with van der Waals surface area (Å²) < 4.78 is 26.6. The molecule has 25 heavy (non-hydrogen) atoms. The second-order valence-corrected chi connectivity index (χ2v) is 8.29. The summed E-state index contributed by atoms with van der Waals surface area (Å²) in [6, 6.07) is 4.47. The molecule has 0 nitrogen and oxygen atoms in total. The molecule has 0 spiro atoms. The Morgan fingerprint density at radius 3 is 2.12 bits per heavy atom. The molecule has 2 fully saturated rings. The van der Waals surface area contributed by atoms with Crippen molar-refractivity contribution in [3.05, 3.63) is 48.1 Å². The molecule has 0 aliphatic heterocycles. The van der Waals surface area contributed by atoms with Gasteiger partial charge in [0.25, 0.3) is 0 Å². The second kappa shape index (κ2) is 8.96. The van der Waals surface area contributed by atoms with Gasteiger partial charge in [0.2, 0.25) is 0 Å². The molecule has 2 heteroatoms. The van der Waals surface area contributed by atoms with E-state index < -0.39 is 11.6 Å². The number of unbranched alkanes of at least 4 members (excludes halogenated alkanes) is 1. The Balaban J connectivity index is 1.43. The summed E-state index contributed by atoms with van der Waals surface area (Å²) in [6.07, 6.45) is 16.3. The van der Waals surface area contributed by atoms with E-state index in [0.29, 0.717) is 5.92 Å². The number of hydrogen-bond acceptors (Lipinski definition) is 0. The second-order valence-electron chi connectivity index (χ2n) is 8.29. The molecular weight excluding hydrogens is 314 g/mol. The van der Waals surface area contributed by atoms with Crippen molar-refractivity contribution in [1.82, 2.24) is 0 Å². The average molecular weight is 347 g/mol. The lowest BCUT2D eigenvalue weighted by molar-refractivity contribution is 0.156. The molecule has 0 N–H and O–H groups in total. The molecule has 0 unspecified atom stereocenters. The Labute approximate surface area is 151 Å². The number of benzene rings is 1. The molecule has 0 heterocycles. The first-order chi connectivity index (χ1) is 12.2. The molecule has 2 saturated carbocycles. The summed E-state index contributed by atoms with van der Waals surface area (Å²) >= 11 is 0. The smallest absolute Gasteiger partial charge is 0.159 e. The lowest BCUT2D eigenvalue weighted by atomic mass is 9.68. The van der Waals surface area contributed by atoms with E-state index in [1.54, 1.807) is 6.07 Å². The lowest BCUT2D eigenvalue weighted by Gasteiger charge is -2.38. The third-order valence-electron chi connectivity index (χ3n) is 6.77. The van der Waals surface area contributed by atoms with Gasteiger partial charge in [0.05, 0.1) is 0 Å². The van der Waals surface area contributed by atoms with Gasteiger partial charge in [0, 0.05) is 0 Å². The summed E-state index contributed by atoms with van der Waals surface area (Å²) in [7, 11) is 0. The third kappa shape index (κ3) is 4.92. The van der Waals surface area contributed by atoms with Gasteiger partial charge < -0.3 is 0 Å². The van der Waals surface area contributed by atoms with Gasteiger partial charge >= 0.3 is 0 Å². The molecule has 0 amide bonds. The van der Waals surface area contributed by atoms with Crippen LogP contribution in [-0.2, 0) is 0 Å². The Morgan fingerprint density at radius 2 is 1.52 bits per heavy atom. The topological polar surface area (TPSA) is 0 Å². The van der Waals surface area contributed by atoms with Crippen molar-refractivity contribution in [2.24, 2.45) is 17.8 Å². The SMILES string of the molecule is C=CCCCC1CCC(C2CCC(c3ccc(F)c(F)c3)CC2)CC1. The van der Waals surface area contributed by atoms with Crippen LogP contribution in [0.2, 0.25) is 0 Å². The van der Waals surface area contributed by atoms with Gasteiger partial charge in [-0.05, 0) is 92.7 Å². The van der Waals surface area contributed by atoms with Gasteiger partial charge in [-0.2, -0.15) is 0 Å². The molecular formula is C23H32F2. The Kier molecular flexibility index (Phi) is 6.67. The van der Waals surface area contributed by atoms with Gasteiger partial charge in [0.15, 0.2) is 11.6 Å². The monoisotopic (exact) mass is 346 g/mol. The van der Waals surface area contributed by atoms with Gasteiger partial charge in [-0.1, -0.05) is 31.4 Å². The van der Waals surface area contributed by atoms with Gasteiger partial charge in [-0.25, -0.2) is 8.78 Å². The summed E-state index contributed by atoms with van der Waals surface area (Å²) in [5.74, 6) is 1.69. The maximum absolute atomic E-state index is 13.5. The van der Waals surface area contributed by atoms with Crippen LogP contribution in [-0.4, -0.2) is 0 Å². The lowest BCUT2D eigenvalue weighted by Crippen LogP contribution is -2.25. The molecule has 3 rings (SSSR count). The van der Waals surface area contributed by atoms with Crippen LogP contribution in [0.15, 0.2) is 30.9 Å². The zero-order valence-electron chi connectivity index (χ0n) is 15.4. The molecule has 1 aromatic rings. The van der Waals surface area contributed by atoms with Crippen LogP contribution >= 0.6 is 0 Å². The van der Waals surface area contributed by atoms with Crippen LogP contribution < -0.4 is 0 Å². The van der Waals surface area contributed by atoms with Crippen LogP contribution in [0.25, 0.3) is 0 Å². The summed E-state index contributed by atoms with van der Waals surface area (Å²) in [5.41, 5.74) is 0.989. The fraction of sp³-hybridized carbons (Fsp3) is 0.652. The van der Waals surface area contributed by atoms with E-state index in [1.165, 1.54) is 63.5 Å². The highest BCUT2D eigenvalue weighted by Crippen LogP contribution is 2.44. The van der Waals surface area contributed by atoms with Crippen molar-refractivity contribution in [2.75, 3.05) is 0 Å². The predicted molar refractivity (Wildman–Crippen MR) is 101 cm³/mol. The van der Waals surface area contributed by atoms with Gasteiger partial charge in [-0.3, -0.25) is 0 Å². The van der Waals surface area contributed by atoms with Crippen molar-refractivity contribution in [2.45, 2.75) is 76.5 Å². The fourth-order valence-electron chi connectivity index (χ4n) is 5.19. The van der Waals surface area contributed by atoms with Gasteiger partial charge in [-0.15, -0.1) is 6.58 Å². The minimum atomic E-state index is -0.734. The van der Waals surface area contributed by atoms with E-state index in [-0.39, 0.29) is 0 Å². The van der Waals surface area contributed by atoms with E-state index in [0.717, 1.165) is 42.6 Å². The zero-order valence-corrected chi connectivity index (χ0v) is 15.4. The first-order valence-corrected chi connectivity index (χ1v) is 10.2. The number of allylic oxidation sites excluding steroid dienone is 1. The van der Waals surface area contributed by atoms with E-state index >= 15 is 0 Å². The summed E-state index contributed by atoms with van der Waals surface area (Å²) in [5, 5.41) is 0. The molecule has 0 atom stereocenters. The number of halogens is 2. The number of hydrogen-bond donors (Lipinski definition) is 0.